The number of carbonyl (C=O) groups excluding carboxylic acids is 1. The van der Waals surface area contributed by atoms with Gasteiger partial charge in [0, 0.05) is 18.7 Å². The van der Waals surface area contributed by atoms with E-state index in [1.165, 1.54) is 0 Å². The highest BCUT2D eigenvalue weighted by molar-refractivity contribution is 6.07. The van der Waals surface area contributed by atoms with Gasteiger partial charge < -0.3 is 13.8 Å². The molecule has 3 heterocycles. The summed E-state index contributed by atoms with van der Waals surface area (Å²) < 4.78 is 11.1. The summed E-state index contributed by atoms with van der Waals surface area (Å²) in [7, 11) is 0. The Hall–Kier alpha value is -3.41. The molecular formula is C23H23N3O3. The predicted octanol–water partition coefficient (Wildman–Crippen LogP) is 5.07. The van der Waals surface area contributed by atoms with Crippen LogP contribution in [0.2, 0.25) is 0 Å². The molecule has 6 nitrogen and oxygen atoms in total. The van der Waals surface area contributed by atoms with E-state index in [1.807, 2.05) is 75.1 Å². The third-order valence-electron chi connectivity index (χ3n) is 5.05. The summed E-state index contributed by atoms with van der Waals surface area (Å²) in [5, 5.41) is 4.69. The maximum atomic E-state index is 13.5. The number of pyridine rings is 1. The summed E-state index contributed by atoms with van der Waals surface area (Å²) in [6.45, 7) is 8.69. The van der Waals surface area contributed by atoms with Gasteiger partial charge in [-0.25, -0.2) is 4.98 Å². The molecule has 1 aromatic carbocycles. The van der Waals surface area contributed by atoms with Gasteiger partial charge in [-0.2, -0.15) is 0 Å². The molecule has 0 unspecified atom stereocenters. The van der Waals surface area contributed by atoms with Crippen LogP contribution in [-0.4, -0.2) is 27.5 Å². The number of aromatic nitrogens is 2. The van der Waals surface area contributed by atoms with Crippen LogP contribution in [0.3, 0.4) is 0 Å². The van der Waals surface area contributed by atoms with Crippen molar-refractivity contribution in [1.29, 1.82) is 0 Å². The second-order valence-corrected chi connectivity index (χ2v) is 7.14. The van der Waals surface area contributed by atoms with E-state index in [0.29, 0.717) is 41.1 Å². The number of rotatable bonds is 5. The average Bonchev–Trinajstić information content (AvgIpc) is 3.27. The highest BCUT2D eigenvalue weighted by Crippen LogP contribution is 2.31. The van der Waals surface area contributed by atoms with Crippen molar-refractivity contribution in [3.05, 3.63) is 70.8 Å². The van der Waals surface area contributed by atoms with Crippen LogP contribution in [0.15, 0.2) is 51.4 Å². The van der Waals surface area contributed by atoms with Gasteiger partial charge in [-0.05, 0) is 45.4 Å². The van der Waals surface area contributed by atoms with Crippen LogP contribution in [-0.2, 0) is 6.54 Å². The quantitative estimate of drug-likeness (QED) is 0.476. The van der Waals surface area contributed by atoms with Crippen molar-refractivity contribution in [2.75, 3.05) is 6.54 Å². The fourth-order valence-corrected chi connectivity index (χ4v) is 3.59. The fraction of sp³-hybridized carbons (Fsp3) is 0.261. The maximum absolute atomic E-state index is 13.5. The Labute approximate surface area is 169 Å². The molecular weight excluding hydrogens is 366 g/mol. The lowest BCUT2D eigenvalue weighted by Gasteiger charge is -2.21. The SMILES string of the molecule is CCN(Cc1ccccc1)C(=O)c1cc(-c2cc(C)oc2C)nc2onc(C)c12. The average molecular weight is 389 g/mol. The Morgan fingerprint density at radius 3 is 2.52 bits per heavy atom. The van der Waals surface area contributed by atoms with Gasteiger partial charge in [-0.3, -0.25) is 4.79 Å². The highest BCUT2D eigenvalue weighted by Gasteiger charge is 2.24. The molecule has 148 valence electrons. The Balaban J connectivity index is 1.81. The first-order valence-electron chi connectivity index (χ1n) is 9.65. The molecule has 0 aliphatic carbocycles. The Kier molecular flexibility index (Phi) is 4.92. The lowest BCUT2D eigenvalue weighted by molar-refractivity contribution is 0.0754. The number of carbonyl (C=O) groups is 1. The zero-order chi connectivity index (χ0) is 20.5. The van der Waals surface area contributed by atoms with Gasteiger partial charge in [0.1, 0.15) is 11.5 Å². The number of hydrogen-bond acceptors (Lipinski definition) is 5. The van der Waals surface area contributed by atoms with Crippen molar-refractivity contribution >= 4 is 17.0 Å². The van der Waals surface area contributed by atoms with Gasteiger partial charge in [-0.1, -0.05) is 35.5 Å². The predicted molar refractivity (Wildman–Crippen MR) is 111 cm³/mol. The first-order valence-corrected chi connectivity index (χ1v) is 9.65. The molecule has 4 aromatic rings. The van der Waals surface area contributed by atoms with Crippen LogP contribution in [0, 0.1) is 20.8 Å². The first kappa shape index (κ1) is 18.9. The maximum Gasteiger partial charge on any atom is 0.259 e. The zero-order valence-electron chi connectivity index (χ0n) is 17.0. The van der Waals surface area contributed by atoms with Crippen molar-refractivity contribution in [2.45, 2.75) is 34.2 Å². The number of furan rings is 1. The van der Waals surface area contributed by atoms with Gasteiger partial charge in [0.25, 0.3) is 11.6 Å². The summed E-state index contributed by atoms with van der Waals surface area (Å²) in [6, 6.07) is 13.7. The fourth-order valence-electron chi connectivity index (χ4n) is 3.59. The highest BCUT2D eigenvalue weighted by atomic mass is 16.5. The van der Waals surface area contributed by atoms with Crippen LogP contribution in [0.1, 0.15) is 40.1 Å². The van der Waals surface area contributed by atoms with Crippen molar-refractivity contribution in [1.82, 2.24) is 15.0 Å². The summed E-state index contributed by atoms with van der Waals surface area (Å²) >= 11 is 0. The lowest BCUT2D eigenvalue weighted by Crippen LogP contribution is -2.30. The van der Waals surface area contributed by atoms with Crippen LogP contribution >= 0.6 is 0 Å². The molecule has 0 N–H and O–H groups in total. The summed E-state index contributed by atoms with van der Waals surface area (Å²) in [4.78, 5) is 19.9. The molecule has 0 spiro atoms. The van der Waals surface area contributed by atoms with Crippen LogP contribution in [0.4, 0.5) is 0 Å². The molecule has 29 heavy (non-hydrogen) atoms. The van der Waals surface area contributed by atoms with E-state index in [2.05, 4.69) is 10.1 Å². The second-order valence-electron chi connectivity index (χ2n) is 7.14. The minimum absolute atomic E-state index is 0.0748. The molecule has 0 aliphatic heterocycles. The number of hydrogen-bond donors (Lipinski definition) is 0. The van der Waals surface area contributed by atoms with Crippen LogP contribution in [0.25, 0.3) is 22.4 Å². The molecule has 4 rings (SSSR count). The van der Waals surface area contributed by atoms with E-state index in [1.54, 1.807) is 0 Å². The minimum Gasteiger partial charge on any atom is -0.466 e. The van der Waals surface area contributed by atoms with Crippen LogP contribution in [0.5, 0.6) is 0 Å². The smallest absolute Gasteiger partial charge is 0.259 e. The monoisotopic (exact) mass is 389 g/mol. The van der Waals surface area contributed by atoms with E-state index in [9.17, 15) is 4.79 Å². The molecule has 1 amide bonds. The van der Waals surface area contributed by atoms with E-state index in [-0.39, 0.29) is 5.91 Å². The van der Waals surface area contributed by atoms with Gasteiger partial charge in [0.15, 0.2) is 0 Å². The van der Waals surface area contributed by atoms with Crippen molar-refractivity contribution < 1.29 is 13.7 Å². The topological polar surface area (TPSA) is 72.4 Å². The van der Waals surface area contributed by atoms with E-state index in [0.717, 1.165) is 22.6 Å². The lowest BCUT2D eigenvalue weighted by atomic mass is 10.0. The second kappa shape index (κ2) is 7.54. The third-order valence-corrected chi connectivity index (χ3v) is 5.05. The molecule has 0 fully saturated rings. The molecule has 6 heteroatoms. The summed E-state index contributed by atoms with van der Waals surface area (Å²) in [5.41, 5.74) is 4.12. The molecule has 0 saturated heterocycles. The van der Waals surface area contributed by atoms with Crippen molar-refractivity contribution in [3.8, 4) is 11.3 Å². The Morgan fingerprint density at radius 2 is 1.86 bits per heavy atom. The van der Waals surface area contributed by atoms with E-state index >= 15 is 0 Å². The van der Waals surface area contributed by atoms with Crippen molar-refractivity contribution in [2.24, 2.45) is 0 Å². The number of fused-ring (bicyclic) bond motifs is 1. The molecule has 0 saturated carbocycles. The number of aryl methyl sites for hydroxylation is 3. The normalized spacial score (nSPS) is 11.2. The zero-order valence-corrected chi connectivity index (χ0v) is 17.0. The Bertz CT molecular complexity index is 1180. The van der Waals surface area contributed by atoms with E-state index < -0.39 is 0 Å². The number of benzene rings is 1. The number of amides is 1. The largest absolute Gasteiger partial charge is 0.466 e. The Morgan fingerprint density at radius 1 is 1.10 bits per heavy atom. The van der Waals surface area contributed by atoms with E-state index in [4.69, 9.17) is 8.94 Å². The van der Waals surface area contributed by atoms with Gasteiger partial charge in [0.05, 0.1) is 22.3 Å². The molecule has 3 aromatic heterocycles. The van der Waals surface area contributed by atoms with Crippen molar-refractivity contribution in [3.63, 3.8) is 0 Å². The van der Waals surface area contributed by atoms with Gasteiger partial charge in [0.2, 0.25) is 0 Å². The molecule has 0 aliphatic rings. The standard InChI is InChI=1S/C23H23N3O3/c1-5-26(13-17-9-7-6-8-10-17)23(27)19-12-20(18-11-14(2)28-16(18)4)24-22-21(19)15(3)25-29-22/h6-12H,5,13H2,1-4H3. The number of nitrogens with zero attached hydrogens (tertiary/aromatic N) is 3. The van der Waals surface area contributed by atoms with Gasteiger partial charge in [-0.15, -0.1) is 0 Å². The molecule has 0 radical (unpaired) electrons. The molecule has 0 bridgehead atoms. The third kappa shape index (κ3) is 3.53. The summed E-state index contributed by atoms with van der Waals surface area (Å²) in [5.74, 6) is 1.47. The molecule has 0 atom stereocenters. The minimum atomic E-state index is -0.0748. The van der Waals surface area contributed by atoms with Crippen LogP contribution < -0.4 is 0 Å². The summed E-state index contributed by atoms with van der Waals surface area (Å²) in [6.07, 6.45) is 0. The van der Waals surface area contributed by atoms with Gasteiger partial charge >= 0.3 is 0 Å². The first-order chi connectivity index (χ1) is 14.0.